The molecule has 168 valence electrons. The summed E-state index contributed by atoms with van der Waals surface area (Å²) in [5, 5.41) is 33.3. The van der Waals surface area contributed by atoms with E-state index in [1.54, 1.807) is 16.2 Å². The molecule has 9 nitrogen and oxygen atoms in total. The van der Waals surface area contributed by atoms with E-state index in [-0.39, 0.29) is 12.0 Å². The summed E-state index contributed by atoms with van der Waals surface area (Å²) < 4.78 is 8.70. The van der Waals surface area contributed by atoms with Crippen molar-refractivity contribution in [1.82, 2.24) is 19.2 Å². The van der Waals surface area contributed by atoms with Crippen LogP contribution in [-0.2, 0) is 11.3 Å². The lowest BCUT2D eigenvalue weighted by molar-refractivity contribution is 0.126. The molecule has 1 aromatic carbocycles. The van der Waals surface area contributed by atoms with E-state index in [2.05, 4.69) is 20.7 Å². The number of aromatic nitrogens is 4. The van der Waals surface area contributed by atoms with Crippen LogP contribution >= 0.6 is 0 Å². The number of fused-ring (bicyclic) bond motifs is 2. The quantitative estimate of drug-likeness (QED) is 0.351. The van der Waals surface area contributed by atoms with E-state index in [0.717, 1.165) is 53.6 Å². The van der Waals surface area contributed by atoms with Gasteiger partial charge in [0.05, 0.1) is 12.7 Å². The van der Waals surface area contributed by atoms with Gasteiger partial charge in [-0.15, -0.1) is 5.10 Å². The zero-order valence-corrected chi connectivity index (χ0v) is 18.0. The predicted octanol–water partition coefficient (Wildman–Crippen LogP) is 3.50. The molecule has 3 aromatic heterocycles. The Labute approximate surface area is 185 Å². The summed E-state index contributed by atoms with van der Waals surface area (Å²) in [7, 11) is 1.64. The molecule has 3 heterocycles. The average Bonchev–Trinajstić information content (AvgIpc) is 3.34. The molecule has 0 saturated heterocycles. The van der Waals surface area contributed by atoms with Crippen LogP contribution in [0.5, 0.6) is 5.88 Å². The molecule has 0 amide bonds. The topological polar surface area (TPSA) is 109 Å². The number of hydrogen-bond donors (Lipinski definition) is 4. The zero-order chi connectivity index (χ0) is 22.1. The number of aromatic hydroxyl groups is 1. The van der Waals surface area contributed by atoms with E-state index >= 15 is 0 Å². The van der Waals surface area contributed by atoms with Crippen molar-refractivity contribution in [3.63, 3.8) is 0 Å². The van der Waals surface area contributed by atoms with Gasteiger partial charge in [-0.3, -0.25) is 0 Å². The number of nitrogens with zero attached hydrogens (tertiary/aromatic N) is 4. The number of pyridine rings is 1. The zero-order valence-electron chi connectivity index (χ0n) is 18.0. The predicted molar refractivity (Wildman–Crippen MR) is 124 cm³/mol. The molecule has 1 fully saturated rings. The fourth-order valence-corrected chi connectivity index (χ4v) is 4.32. The molecule has 4 aromatic rings. The Morgan fingerprint density at radius 2 is 2.00 bits per heavy atom. The molecule has 0 unspecified atom stereocenters. The fourth-order valence-electron chi connectivity index (χ4n) is 4.32. The molecule has 4 N–H and O–H groups in total. The number of rotatable bonds is 7. The highest BCUT2D eigenvalue weighted by Gasteiger charge is 2.20. The van der Waals surface area contributed by atoms with Crippen LogP contribution in [0.2, 0.25) is 0 Å². The van der Waals surface area contributed by atoms with Gasteiger partial charge in [0.15, 0.2) is 11.5 Å². The van der Waals surface area contributed by atoms with Gasteiger partial charge in [-0.1, -0.05) is 6.07 Å². The third-order valence-electron chi connectivity index (χ3n) is 6.06. The minimum Gasteiger partial charge on any atom is -0.494 e. The minimum absolute atomic E-state index is 0.179. The van der Waals surface area contributed by atoms with E-state index in [1.165, 1.54) is 0 Å². The fraction of sp³-hybridized carbons (Fsp3) is 0.391. The lowest BCUT2D eigenvalue weighted by Crippen LogP contribution is -2.29. The van der Waals surface area contributed by atoms with Gasteiger partial charge in [0, 0.05) is 42.4 Å². The van der Waals surface area contributed by atoms with Crippen molar-refractivity contribution in [1.29, 1.82) is 0 Å². The van der Waals surface area contributed by atoms with Gasteiger partial charge in [0.1, 0.15) is 5.82 Å². The van der Waals surface area contributed by atoms with Crippen LogP contribution in [0.1, 0.15) is 25.7 Å². The Balaban J connectivity index is 1.36. The van der Waals surface area contributed by atoms with E-state index in [1.807, 2.05) is 42.6 Å². The highest BCUT2D eigenvalue weighted by Crippen LogP contribution is 2.30. The maximum Gasteiger partial charge on any atom is 0.247 e. The molecular weight excluding hydrogens is 408 g/mol. The summed E-state index contributed by atoms with van der Waals surface area (Å²) >= 11 is 0. The average molecular weight is 437 g/mol. The van der Waals surface area contributed by atoms with Crippen LogP contribution in [0, 0.1) is 0 Å². The van der Waals surface area contributed by atoms with Gasteiger partial charge in [-0.05, 0) is 56.0 Å². The Kier molecular flexibility index (Phi) is 5.59. The molecule has 9 heteroatoms. The molecule has 0 aliphatic heterocycles. The lowest BCUT2D eigenvalue weighted by atomic mass is 9.93. The molecule has 0 bridgehead atoms. The second kappa shape index (κ2) is 8.68. The van der Waals surface area contributed by atoms with Crippen molar-refractivity contribution in [2.24, 2.45) is 0 Å². The summed E-state index contributed by atoms with van der Waals surface area (Å²) in [5.41, 5.74) is 1.59. The van der Waals surface area contributed by atoms with Gasteiger partial charge in [-0.2, -0.15) is 9.50 Å². The van der Waals surface area contributed by atoms with Crippen molar-refractivity contribution in [3.8, 4) is 5.88 Å². The smallest absolute Gasteiger partial charge is 0.247 e. The maximum absolute atomic E-state index is 10.4. The number of hydrogen-bond acceptors (Lipinski definition) is 7. The highest BCUT2D eigenvalue weighted by molar-refractivity contribution is 5.90. The van der Waals surface area contributed by atoms with Crippen LogP contribution in [0.4, 0.5) is 17.5 Å². The molecule has 32 heavy (non-hydrogen) atoms. The highest BCUT2D eigenvalue weighted by atomic mass is 16.5. The summed E-state index contributed by atoms with van der Waals surface area (Å²) in [6.45, 7) is 1.12. The van der Waals surface area contributed by atoms with E-state index < -0.39 is 0 Å². The molecule has 1 aliphatic rings. The molecule has 1 aliphatic carbocycles. The molecular formula is C23H28N6O3. The lowest BCUT2D eigenvalue weighted by Gasteiger charge is -2.26. The van der Waals surface area contributed by atoms with Crippen LogP contribution in [-0.4, -0.2) is 55.2 Å². The van der Waals surface area contributed by atoms with Gasteiger partial charge in [0.2, 0.25) is 5.95 Å². The monoisotopic (exact) mass is 436 g/mol. The number of anilines is 3. The third-order valence-corrected chi connectivity index (χ3v) is 6.06. The van der Waals surface area contributed by atoms with Crippen molar-refractivity contribution >= 4 is 33.9 Å². The SMILES string of the molecule is COCCn1cc2cc(Nc3nc4cccc(NC5CCC(O)CC5)n4n3)ccc2c1O. The van der Waals surface area contributed by atoms with E-state index in [9.17, 15) is 10.2 Å². The van der Waals surface area contributed by atoms with E-state index in [4.69, 9.17) is 4.74 Å². The molecule has 1 saturated carbocycles. The largest absolute Gasteiger partial charge is 0.494 e. The first-order valence-electron chi connectivity index (χ1n) is 11.0. The number of nitrogens with one attached hydrogen (secondary N) is 2. The van der Waals surface area contributed by atoms with Gasteiger partial charge in [-0.25, -0.2) is 0 Å². The summed E-state index contributed by atoms with van der Waals surface area (Å²) in [6.07, 6.45) is 5.26. The van der Waals surface area contributed by atoms with Crippen LogP contribution in [0.15, 0.2) is 42.6 Å². The van der Waals surface area contributed by atoms with Crippen LogP contribution < -0.4 is 10.6 Å². The van der Waals surface area contributed by atoms with Gasteiger partial charge in [0.25, 0.3) is 0 Å². The van der Waals surface area contributed by atoms with Crippen molar-refractivity contribution in [2.45, 2.75) is 44.4 Å². The van der Waals surface area contributed by atoms with Crippen molar-refractivity contribution < 1.29 is 14.9 Å². The maximum atomic E-state index is 10.4. The minimum atomic E-state index is -0.179. The number of methoxy groups -OCH3 is 1. The number of benzene rings is 1. The first-order chi connectivity index (χ1) is 15.6. The molecule has 5 rings (SSSR count). The summed E-state index contributed by atoms with van der Waals surface area (Å²) in [6, 6.07) is 12.0. The van der Waals surface area contributed by atoms with Gasteiger partial charge >= 0.3 is 0 Å². The summed E-state index contributed by atoms with van der Waals surface area (Å²) in [5.74, 6) is 1.63. The Bertz CT molecular complexity index is 1230. The first kappa shape index (κ1) is 20.6. The normalized spacial score (nSPS) is 18.9. The molecule has 0 spiro atoms. The number of ether oxygens (including phenoxy) is 1. The van der Waals surface area contributed by atoms with E-state index in [0.29, 0.717) is 25.1 Å². The van der Waals surface area contributed by atoms with Crippen LogP contribution in [0.25, 0.3) is 16.4 Å². The molecule has 0 radical (unpaired) electrons. The number of aliphatic hydroxyl groups is 1. The Morgan fingerprint density at radius 3 is 2.81 bits per heavy atom. The van der Waals surface area contributed by atoms with Gasteiger partial charge < -0.3 is 30.2 Å². The number of aliphatic hydroxyl groups excluding tert-OH is 1. The standard InChI is InChI=1S/C23H28N6O3/c1-32-12-11-28-14-15-13-17(7-10-19(15)22(28)31)25-23-26-21-4-2-3-20(29(21)27-23)24-16-5-8-18(30)9-6-16/h2-4,7,10,13-14,16,18,24,30-31H,5-6,8-9,11-12H2,1H3,(H,25,27). The molecule has 0 atom stereocenters. The third kappa shape index (κ3) is 4.09. The second-order valence-electron chi connectivity index (χ2n) is 8.33. The van der Waals surface area contributed by atoms with Crippen molar-refractivity contribution in [2.75, 3.05) is 24.4 Å². The first-order valence-corrected chi connectivity index (χ1v) is 11.0. The Morgan fingerprint density at radius 1 is 1.16 bits per heavy atom. The second-order valence-corrected chi connectivity index (χ2v) is 8.33. The Hall–Kier alpha value is -3.30. The van der Waals surface area contributed by atoms with Crippen molar-refractivity contribution in [3.05, 3.63) is 42.6 Å². The summed E-state index contributed by atoms with van der Waals surface area (Å²) in [4.78, 5) is 4.61. The van der Waals surface area contributed by atoms with Crippen LogP contribution in [0.3, 0.4) is 0 Å².